The Hall–Kier alpha value is -1.89. The van der Waals surface area contributed by atoms with Gasteiger partial charge in [0.25, 0.3) is 0 Å². The second kappa shape index (κ2) is 6.87. The number of rotatable bonds is 6. The van der Waals surface area contributed by atoms with E-state index in [0.717, 1.165) is 24.0 Å². The summed E-state index contributed by atoms with van der Waals surface area (Å²) in [7, 11) is -1.68. The Kier molecular flexibility index (Phi) is 4.76. The van der Waals surface area contributed by atoms with Gasteiger partial charge in [-0.2, -0.15) is 0 Å². The molecule has 4 nitrogen and oxygen atoms in total. The van der Waals surface area contributed by atoms with Gasteiger partial charge >= 0.3 is 0 Å². The van der Waals surface area contributed by atoms with Gasteiger partial charge in [0.2, 0.25) is 0 Å². The van der Waals surface area contributed by atoms with E-state index in [1.807, 2.05) is 67.6 Å². The van der Waals surface area contributed by atoms with Crippen LogP contribution in [0, 0.1) is 5.92 Å². The molecule has 0 radical (unpaired) electrons. The van der Waals surface area contributed by atoms with Crippen molar-refractivity contribution in [2.45, 2.75) is 31.1 Å². The first kappa shape index (κ1) is 19.4. The lowest BCUT2D eigenvalue weighted by molar-refractivity contribution is 0.649. The van der Waals surface area contributed by atoms with Gasteiger partial charge in [-0.3, -0.25) is 8.93 Å². The van der Waals surface area contributed by atoms with Crippen molar-refractivity contribution in [3.05, 3.63) is 71.8 Å². The van der Waals surface area contributed by atoms with Crippen LogP contribution in [0.15, 0.2) is 65.7 Å². The first-order valence-corrected chi connectivity index (χ1v) is 12.4. The molecule has 0 spiro atoms. The molecule has 4 rings (SSSR count). The molecule has 1 heterocycles. The van der Waals surface area contributed by atoms with Crippen LogP contribution < -0.4 is 10.0 Å². The monoisotopic (exact) mass is 413 g/mol. The molecule has 0 bridgehead atoms. The van der Waals surface area contributed by atoms with E-state index in [0.29, 0.717) is 27.6 Å². The molecule has 28 heavy (non-hydrogen) atoms. The highest BCUT2D eigenvalue weighted by molar-refractivity contribution is 8.30. The molecule has 2 aromatic rings. The average molecular weight is 414 g/mol. The minimum absolute atomic E-state index is 0.421. The van der Waals surface area contributed by atoms with E-state index in [2.05, 4.69) is 10.0 Å². The molecule has 1 aliphatic heterocycles. The van der Waals surface area contributed by atoms with Crippen LogP contribution in [0.1, 0.15) is 30.9 Å². The molecule has 2 aliphatic rings. The molecule has 1 fully saturated rings. The van der Waals surface area contributed by atoms with Crippen molar-refractivity contribution >= 4 is 31.6 Å². The van der Waals surface area contributed by atoms with Gasteiger partial charge in [-0.05, 0) is 43.9 Å². The molecule has 1 atom stereocenters. The summed E-state index contributed by atoms with van der Waals surface area (Å²) in [6, 6.07) is 20.0. The van der Waals surface area contributed by atoms with E-state index in [1.54, 1.807) is 7.05 Å². The van der Waals surface area contributed by atoms with Gasteiger partial charge < -0.3 is 5.32 Å². The van der Waals surface area contributed by atoms with E-state index < -0.39 is 14.8 Å². The Balaban J connectivity index is 1.82. The van der Waals surface area contributed by atoms with Crippen LogP contribution in [0.5, 0.6) is 0 Å². The standard InChI is InChI=1S/C22H27N3OS2/c1-22(19-11-7-4-8-12-19)20(27)24-21(25-22)28(26,23-2,16-18-13-14-18)15-17-9-5-3-6-10-17/h3-12,18H,13-16H2,1-2H3,(H,23,26)(H,24,25,27). The summed E-state index contributed by atoms with van der Waals surface area (Å²) in [5.74, 6) is 1.49. The first-order chi connectivity index (χ1) is 13.4. The number of thiocarbonyl (C=S) groups is 1. The van der Waals surface area contributed by atoms with E-state index in [-0.39, 0.29) is 0 Å². The summed E-state index contributed by atoms with van der Waals surface area (Å²) in [4.78, 5) is 5.60. The highest BCUT2D eigenvalue weighted by atomic mass is 32.3. The van der Waals surface area contributed by atoms with Gasteiger partial charge in [0.05, 0.1) is 0 Å². The Bertz CT molecular complexity index is 985. The van der Waals surface area contributed by atoms with Crippen molar-refractivity contribution in [3.63, 3.8) is 0 Å². The predicted molar refractivity (Wildman–Crippen MR) is 122 cm³/mol. The zero-order chi connectivity index (χ0) is 19.9. The van der Waals surface area contributed by atoms with Gasteiger partial charge in [-0.25, -0.2) is 4.99 Å². The topological polar surface area (TPSA) is 53.5 Å². The zero-order valence-electron chi connectivity index (χ0n) is 16.4. The van der Waals surface area contributed by atoms with E-state index in [9.17, 15) is 4.21 Å². The third-order valence-corrected chi connectivity index (χ3v) is 10.5. The van der Waals surface area contributed by atoms with Crippen molar-refractivity contribution in [1.82, 2.24) is 10.0 Å². The van der Waals surface area contributed by atoms with Crippen LogP contribution >= 0.6 is 12.2 Å². The number of nitrogens with zero attached hydrogens (tertiary/aromatic N) is 1. The lowest BCUT2D eigenvalue weighted by Crippen LogP contribution is -2.60. The van der Waals surface area contributed by atoms with E-state index >= 15 is 0 Å². The molecule has 2 N–H and O–H groups in total. The molecular weight excluding hydrogens is 386 g/mol. The number of hydrogen-bond donors (Lipinski definition) is 2. The van der Waals surface area contributed by atoms with Gasteiger partial charge in [-0.15, -0.1) is 0 Å². The summed E-state index contributed by atoms with van der Waals surface area (Å²) < 4.78 is 18.1. The summed E-state index contributed by atoms with van der Waals surface area (Å²) in [5.41, 5.74) is 1.34. The van der Waals surface area contributed by atoms with Crippen molar-refractivity contribution in [3.8, 4) is 0 Å². The largest absolute Gasteiger partial charge is 0.325 e. The molecule has 0 amide bonds. The summed E-state index contributed by atoms with van der Waals surface area (Å²) in [5, 5.41) is 3.80. The zero-order valence-corrected chi connectivity index (χ0v) is 18.0. The van der Waals surface area contributed by atoms with Crippen LogP contribution in [-0.2, 0) is 20.5 Å². The maximum Gasteiger partial charge on any atom is 0.184 e. The molecule has 6 heteroatoms. The van der Waals surface area contributed by atoms with E-state index in [4.69, 9.17) is 17.2 Å². The predicted octanol–water partition coefficient (Wildman–Crippen LogP) is 3.75. The van der Waals surface area contributed by atoms with Crippen LogP contribution in [0.4, 0.5) is 0 Å². The van der Waals surface area contributed by atoms with E-state index in [1.165, 1.54) is 0 Å². The van der Waals surface area contributed by atoms with Crippen molar-refractivity contribution in [2.24, 2.45) is 10.9 Å². The molecule has 0 saturated heterocycles. The van der Waals surface area contributed by atoms with Crippen molar-refractivity contribution < 1.29 is 4.21 Å². The fourth-order valence-corrected chi connectivity index (χ4v) is 8.06. The minimum Gasteiger partial charge on any atom is -0.325 e. The first-order valence-electron chi connectivity index (χ1n) is 9.70. The quantitative estimate of drug-likeness (QED) is 0.709. The van der Waals surface area contributed by atoms with Crippen LogP contribution in [0.25, 0.3) is 0 Å². The Morgan fingerprint density at radius 1 is 1.14 bits per heavy atom. The molecule has 1 aliphatic carbocycles. The second-order valence-electron chi connectivity index (χ2n) is 8.04. The highest BCUT2D eigenvalue weighted by Gasteiger charge is 2.51. The van der Waals surface area contributed by atoms with Gasteiger partial charge in [-0.1, -0.05) is 72.9 Å². The average Bonchev–Trinajstić information content (AvgIpc) is 3.46. The summed E-state index contributed by atoms with van der Waals surface area (Å²) in [6.45, 7) is 2.00. The fraction of sp³-hybridized carbons (Fsp3) is 0.364. The molecular formula is C22H27N3OS2. The van der Waals surface area contributed by atoms with Gasteiger partial charge in [0.1, 0.15) is 10.5 Å². The lowest BCUT2D eigenvalue weighted by atomic mass is 9.93. The highest BCUT2D eigenvalue weighted by Crippen LogP contribution is 2.43. The number of amidine groups is 1. The third kappa shape index (κ3) is 3.34. The number of nitrogens with one attached hydrogen (secondary N) is 2. The summed E-state index contributed by atoms with van der Waals surface area (Å²) in [6.07, 6.45) is 2.25. The SMILES string of the molecule is CNS(=O)(Cc1ccccc1)(CC1CC1)C1=NC(C)(c2ccccc2)C(=S)N1. The maximum atomic E-state index is 14.9. The van der Waals surface area contributed by atoms with Gasteiger partial charge in [0, 0.05) is 20.8 Å². The smallest absolute Gasteiger partial charge is 0.184 e. The lowest BCUT2D eigenvalue weighted by Gasteiger charge is -2.42. The Morgan fingerprint density at radius 3 is 2.32 bits per heavy atom. The minimum atomic E-state index is -3.48. The Morgan fingerprint density at radius 2 is 1.75 bits per heavy atom. The molecule has 148 valence electrons. The number of aliphatic imine (C=N–C) groups is 1. The Labute approximate surface area is 172 Å². The second-order valence-corrected chi connectivity index (χ2v) is 12.4. The number of hydrogen-bond acceptors (Lipinski definition) is 3. The molecule has 2 aromatic carbocycles. The fourth-order valence-electron chi connectivity index (χ4n) is 3.85. The molecule has 1 unspecified atom stereocenters. The normalized spacial score (nSPS) is 23.6. The maximum absolute atomic E-state index is 14.9. The summed E-state index contributed by atoms with van der Waals surface area (Å²) >= 11 is 5.70. The van der Waals surface area contributed by atoms with Crippen LogP contribution in [0.2, 0.25) is 0 Å². The molecule has 1 saturated carbocycles. The number of benzene rings is 2. The van der Waals surface area contributed by atoms with Crippen LogP contribution in [-0.4, -0.2) is 27.2 Å². The van der Waals surface area contributed by atoms with Crippen LogP contribution in [0.3, 0.4) is 0 Å². The van der Waals surface area contributed by atoms with Crippen molar-refractivity contribution in [2.75, 3.05) is 12.8 Å². The van der Waals surface area contributed by atoms with Gasteiger partial charge in [0.15, 0.2) is 5.17 Å². The third-order valence-electron chi connectivity index (χ3n) is 5.85. The van der Waals surface area contributed by atoms with Crippen molar-refractivity contribution in [1.29, 1.82) is 0 Å². The molecule has 0 aromatic heterocycles.